The highest BCUT2D eigenvalue weighted by Crippen LogP contribution is 2.32. The molecule has 0 aliphatic carbocycles. The predicted octanol–water partition coefficient (Wildman–Crippen LogP) is 4.51. The molecule has 1 aromatic carbocycles. The second-order valence-electron chi connectivity index (χ2n) is 3.44. The van der Waals surface area contributed by atoms with Crippen molar-refractivity contribution in [2.75, 3.05) is 0 Å². The second-order valence-corrected chi connectivity index (χ2v) is 3.85. The van der Waals surface area contributed by atoms with Gasteiger partial charge >= 0.3 is 6.18 Å². The normalized spacial score (nSPS) is 11.3. The van der Waals surface area contributed by atoms with Crippen LogP contribution in [0.15, 0.2) is 30.9 Å². The fraction of sp³-hybridized carbons (Fsp3) is 0.250. The number of hydrogen-bond donors (Lipinski definition) is 0. The molecule has 1 nitrogen and oxygen atoms in total. The molecule has 0 unspecified atom stereocenters. The Bertz CT molecular complexity index is 438. The van der Waals surface area contributed by atoms with Crippen LogP contribution >= 0.6 is 11.6 Å². The van der Waals surface area contributed by atoms with Crippen molar-refractivity contribution >= 4 is 17.4 Å². The quantitative estimate of drug-likeness (QED) is 0.576. The SMILES string of the molecule is C=CCCC(=O)c1ccc(C(F)(F)F)cc1Cl. The zero-order valence-electron chi connectivity index (χ0n) is 8.85. The number of allylic oxidation sites excluding steroid dienone is 1. The van der Waals surface area contributed by atoms with Gasteiger partial charge in [0.05, 0.1) is 10.6 Å². The molecule has 0 amide bonds. The molecule has 0 aromatic heterocycles. The summed E-state index contributed by atoms with van der Waals surface area (Å²) in [5.74, 6) is -0.288. The molecule has 0 fully saturated rings. The molecule has 5 heteroatoms. The molecule has 0 atom stereocenters. The Hall–Kier alpha value is -1.29. The van der Waals surface area contributed by atoms with Crippen LogP contribution in [0.4, 0.5) is 13.2 Å². The third kappa shape index (κ3) is 3.60. The number of rotatable bonds is 4. The number of Topliss-reactive ketones (excluding diaryl/α,β-unsaturated/α-hetero) is 1. The van der Waals surface area contributed by atoms with Crippen molar-refractivity contribution in [3.63, 3.8) is 0 Å². The summed E-state index contributed by atoms with van der Waals surface area (Å²) in [6.45, 7) is 3.46. The summed E-state index contributed by atoms with van der Waals surface area (Å²) in [6, 6.07) is 2.73. The molecule has 0 N–H and O–H groups in total. The molecule has 0 bridgehead atoms. The van der Waals surface area contributed by atoms with Crippen molar-refractivity contribution in [3.8, 4) is 0 Å². The van der Waals surface area contributed by atoms with Crippen molar-refractivity contribution in [1.29, 1.82) is 0 Å². The first-order valence-electron chi connectivity index (χ1n) is 4.87. The molecular formula is C12H10ClF3O. The van der Waals surface area contributed by atoms with Crippen LogP contribution in [0.3, 0.4) is 0 Å². The van der Waals surface area contributed by atoms with Crippen molar-refractivity contribution in [2.45, 2.75) is 19.0 Å². The van der Waals surface area contributed by atoms with E-state index in [4.69, 9.17) is 11.6 Å². The molecule has 17 heavy (non-hydrogen) atoms. The van der Waals surface area contributed by atoms with Crippen LogP contribution in [0.2, 0.25) is 5.02 Å². The summed E-state index contributed by atoms with van der Waals surface area (Å²) in [5, 5.41) is -0.172. The molecule has 0 radical (unpaired) electrons. The van der Waals surface area contributed by atoms with E-state index in [9.17, 15) is 18.0 Å². The summed E-state index contributed by atoms with van der Waals surface area (Å²) in [7, 11) is 0. The van der Waals surface area contributed by atoms with E-state index < -0.39 is 11.7 Å². The lowest BCUT2D eigenvalue weighted by molar-refractivity contribution is -0.137. The number of alkyl halides is 3. The minimum absolute atomic E-state index is 0.113. The average molecular weight is 263 g/mol. The Labute approximate surface area is 102 Å². The average Bonchev–Trinajstić information content (AvgIpc) is 2.24. The smallest absolute Gasteiger partial charge is 0.294 e. The van der Waals surface area contributed by atoms with Crippen LogP contribution in [-0.2, 0) is 6.18 Å². The zero-order chi connectivity index (χ0) is 13.1. The summed E-state index contributed by atoms with van der Waals surface area (Å²) in [4.78, 5) is 11.6. The van der Waals surface area contributed by atoms with Crippen molar-refractivity contribution in [1.82, 2.24) is 0 Å². The monoisotopic (exact) mass is 262 g/mol. The van der Waals surface area contributed by atoms with Crippen LogP contribution in [0.25, 0.3) is 0 Å². The van der Waals surface area contributed by atoms with Crippen LogP contribution in [-0.4, -0.2) is 5.78 Å². The maximum Gasteiger partial charge on any atom is 0.416 e. The van der Waals surface area contributed by atoms with Crippen molar-refractivity contribution in [3.05, 3.63) is 47.0 Å². The van der Waals surface area contributed by atoms with E-state index in [1.54, 1.807) is 6.08 Å². The van der Waals surface area contributed by atoms with E-state index in [0.717, 1.165) is 18.2 Å². The molecule has 0 saturated carbocycles. The first-order valence-corrected chi connectivity index (χ1v) is 5.25. The van der Waals surface area contributed by atoms with E-state index in [1.165, 1.54) is 0 Å². The largest absolute Gasteiger partial charge is 0.416 e. The van der Waals surface area contributed by atoms with Gasteiger partial charge in [0.2, 0.25) is 0 Å². The Morgan fingerprint density at radius 2 is 2.06 bits per heavy atom. The topological polar surface area (TPSA) is 17.1 Å². The number of carbonyl (C=O) groups excluding carboxylic acids is 1. The highest BCUT2D eigenvalue weighted by molar-refractivity contribution is 6.34. The highest BCUT2D eigenvalue weighted by atomic mass is 35.5. The maximum atomic E-state index is 12.3. The van der Waals surface area contributed by atoms with Crippen LogP contribution < -0.4 is 0 Å². The summed E-state index contributed by atoms with van der Waals surface area (Å²) in [6.07, 6.45) is -2.23. The van der Waals surface area contributed by atoms with Crippen LogP contribution in [0.5, 0.6) is 0 Å². The lowest BCUT2D eigenvalue weighted by Gasteiger charge is -2.09. The number of benzene rings is 1. The van der Waals surface area contributed by atoms with Crippen molar-refractivity contribution < 1.29 is 18.0 Å². The minimum Gasteiger partial charge on any atom is -0.294 e. The molecule has 1 rings (SSSR count). The molecule has 0 saturated heterocycles. The van der Waals surface area contributed by atoms with Crippen LogP contribution in [0, 0.1) is 0 Å². The predicted molar refractivity (Wildman–Crippen MR) is 60.2 cm³/mol. The Kier molecular flexibility index (Phi) is 4.34. The van der Waals surface area contributed by atoms with Gasteiger partial charge in [0, 0.05) is 12.0 Å². The van der Waals surface area contributed by atoms with Crippen molar-refractivity contribution in [2.24, 2.45) is 0 Å². The summed E-state index contributed by atoms with van der Waals surface area (Å²) < 4.78 is 37.0. The Morgan fingerprint density at radius 1 is 1.41 bits per heavy atom. The van der Waals surface area contributed by atoms with Gasteiger partial charge in [-0.25, -0.2) is 0 Å². The number of hydrogen-bond acceptors (Lipinski definition) is 1. The third-order valence-corrected chi connectivity index (χ3v) is 2.49. The third-order valence-electron chi connectivity index (χ3n) is 2.17. The second kappa shape index (κ2) is 5.36. The standard InChI is InChI=1S/C12H10ClF3O/c1-2-3-4-11(17)9-6-5-8(7-10(9)13)12(14,15)16/h2,5-7H,1,3-4H2. The van der Waals surface area contributed by atoms with Gasteiger partial charge < -0.3 is 0 Å². The van der Waals surface area contributed by atoms with E-state index in [2.05, 4.69) is 6.58 Å². The van der Waals surface area contributed by atoms with Gasteiger partial charge in [0.1, 0.15) is 0 Å². The number of ketones is 1. The molecule has 0 spiro atoms. The van der Waals surface area contributed by atoms with Gasteiger partial charge in [0.25, 0.3) is 0 Å². The van der Waals surface area contributed by atoms with E-state index >= 15 is 0 Å². The summed E-state index contributed by atoms with van der Waals surface area (Å²) in [5.41, 5.74) is -0.746. The van der Waals surface area contributed by atoms with E-state index in [-0.39, 0.29) is 22.8 Å². The van der Waals surface area contributed by atoms with Gasteiger partial charge in [-0.1, -0.05) is 17.7 Å². The van der Waals surface area contributed by atoms with E-state index in [0.29, 0.717) is 6.42 Å². The maximum absolute atomic E-state index is 12.3. The molecule has 0 aliphatic rings. The van der Waals surface area contributed by atoms with Gasteiger partial charge in [0.15, 0.2) is 5.78 Å². The molecule has 0 aliphatic heterocycles. The molecule has 92 valence electrons. The number of halogens is 4. The van der Waals surface area contributed by atoms with Gasteiger partial charge in [-0.15, -0.1) is 6.58 Å². The fourth-order valence-corrected chi connectivity index (χ4v) is 1.57. The van der Waals surface area contributed by atoms with Gasteiger partial charge in [-0.05, 0) is 24.6 Å². The highest BCUT2D eigenvalue weighted by Gasteiger charge is 2.31. The van der Waals surface area contributed by atoms with Gasteiger partial charge in [-0.2, -0.15) is 13.2 Å². The Morgan fingerprint density at radius 3 is 2.53 bits per heavy atom. The molecule has 1 aromatic rings. The minimum atomic E-state index is -4.45. The summed E-state index contributed by atoms with van der Waals surface area (Å²) >= 11 is 5.66. The zero-order valence-corrected chi connectivity index (χ0v) is 9.61. The lowest BCUT2D eigenvalue weighted by atomic mass is 10.0. The molecular weight excluding hydrogens is 253 g/mol. The Balaban J connectivity index is 2.98. The van der Waals surface area contributed by atoms with Gasteiger partial charge in [-0.3, -0.25) is 4.79 Å². The lowest BCUT2D eigenvalue weighted by Crippen LogP contribution is -2.07. The fourth-order valence-electron chi connectivity index (χ4n) is 1.29. The van der Waals surface area contributed by atoms with E-state index in [1.807, 2.05) is 0 Å². The first kappa shape index (κ1) is 13.8. The molecule has 0 heterocycles. The number of carbonyl (C=O) groups is 1. The van der Waals surface area contributed by atoms with Crippen LogP contribution in [0.1, 0.15) is 28.8 Å². The first-order chi connectivity index (χ1) is 7.86.